The summed E-state index contributed by atoms with van der Waals surface area (Å²) in [6.45, 7) is 10.5. The molecular weight excluding hydrogens is 1060 g/mol. The van der Waals surface area contributed by atoms with Gasteiger partial charge >= 0.3 is 0 Å². The van der Waals surface area contributed by atoms with Crippen LogP contribution in [0.5, 0.6) is 5.75 Å². The Morgan fingerprint density at radius 1 is 0.741 bits per heavy atom. The number of aromatic hydroxyl groups is 1. The van der Waals surface area contributed by atoms with Gasteiger partial charge < -0.3 is 93.0 Å². The maximum absolute atomic E-state index is 14.7. The number of phenolic OH excluding ortho intramolecular Hbond substituents is 1. The van der Waals surface area contributed by atoms with Crippen molar-refractivity contribution in [2.24, 2.45) is 17.6 Å². The summed E-state index contributed by atoms with van der Waals surface area (Å²) < 4.78 is 5.97. The molecule has 3 heterocycles. The molecule has 3 saturated heterocycles. The molecule has 26 nitrogen and oxygen atoms in total. The number of aliphatic hydroxyl groups is 7. The van der Waals surface area contributed by atoms with Crippen molar-refractivity contribution in [3.05, 3.63) is 29.8 Å². The van der Waals surface area contributed by atoms with Crippen LogP contribution in [0.3, 0.4) is 0 Å². The molecule has 0 saturated carbocycles. The van der Waals surface area contributed by atoms with E-state index in [1.165, 1.54) is 18.6 Å². The van der Waals surface area contributed by atoms with E-state index in [1.807, 2.05) is 13.8 Å². The minimum absolute atomic E-state index is 0.0420. The van der Waals surface area contributed by atoms with Crippen LogP contribution in [-0.4, -0.2) is 209 Å². The van der Waals surface area contributed by atoms with E-state index >= 15 is 0 Å². The molecular formula is C55H91N9O17. The highest BCUT2D eigenvalue weighted by atomic mass is 16.5. The van der Waals surface area contributed by atoms with Crippen molar-refractivity contribution < 1.29 is 83.9 Å². The Morgan fingerprint density at radius 2 is 1.36 bits per heavy atom. The molecule has 0 spiro atoms. The van der Waals surface area contributed by atoms with Gasteiger partial charge in [0.1, 0.15) is 60.3 Å². The number of hydrogen-bond donors (Lipinski definition) is 15. The highest BCUT2D eigenvalue weighted by Crippen LogP contribution is 2.27. The minimum Gasteiger partial charge on any atom is -0.508 e. The van der Waals surface area contributed by atoms with Crippen LogP contribution in [0.25, 0.3) is 0 Å². The second-order valence-electron chi connectivity index (χ2n) is 22.5. The summed E-state index contributed by atoms with van der Waals surface area (Å²) in [5, 5.41) is 105. The van der Waals surface area contributed by atoms with Gasteiger partial charge in [0.2, 0.25) is 47.3 Å². The van der Waals surface area contributed by atoms with E-state index in [1.54, 1.807) is 0 Å². The lowest BCUT2D eigenvalue weighted by Crippen LogP contribution is -2.64. The van der Waals surface area contributed by atoms with Crippen molar-refractivity contribution in [3.63, 3.8) is 0 Å². The number of primary amides is 1. The van der Waals surface area contributed by atoms with Gasteiger partial charge in [0.15, 0.2) is 6.23 Å². The maximum Gasteiger partial charge on any atom is 0.248 e. The van der Waals surface area contributed by atoms with E-state index in [4.69, 9.17) is 10.5 Å². The number of hydrogen-bond acceptors (Lipinski definition) is 18. The molecule has 3 aliphatic rings. The first-order valence-electron chi connectivity index (χ1n) is 28.5. The largest absolute Gasteiger partial charge is 0.508 e. The predicted octanol–water partition coefficient (Wildman–Crippen LogP) is -2.32. The van der Waals surface area contributed by atoms with Crippen LogP contribution in [0.1, 0.15) is 143 Å². The highest BCUT2D eigenvalue weighted by Gasteiger charge is 2.49. The zero-order valence-corrected chi connectivity index (χ0v) is 47.6. The average Bonchev–Trinajstić information content (AvgIpc) is 4.03. The first kappa shape index (κ1) is 67.9. The van der Waals surface area contributed by atoms with Crippen LogP contribution in [0.15, 0.2) is 24.3 Å². The number of fused-ring (bicyclic) bond motifs is 2. The number of carbonyl (C=O) groups excluding carboxylic acids is 8. The molecule has 3 aliphatic heterocycles. The lowest BCUT2D eigenvalue weighted by Gasteiger charge is -2.34. The number of rotatable bonds is 25. The van der Waals surface area contributed by atoms with Gasteiger partial charge in [-0.2, -0.15) is 0 Å². The molecule has 8 amide bonds. The number of phenols is 1. The Balaban J connectivity index is 1.77. The first-order valence-corrected chi connectivity index (χ1v) is 28.5. The SMILES string of the molecule is CC[C@H](C)C[C@H](C)CCCCCCCCC(=O)N[C@H]1C[C@@H](O)C(OCCNC(C)C)NC(=O)[C@@H]2[C@@H](O)CCN2C(=O)[C@H]([C@H](O)CC(N)=O)NC(=O)[C@H]([C@H](O)[C@@H](O)c2ccc(O)cc2)NC(=O)[C@@H]2C[C@@H](O)CN2C(=O)[C@H]([C@@H](C)O)NC1=O. The third-order valence-corrected chi connectivity index (χ3v) is 15.2. The van der Waals surface area contributed by atoms with Crippen molar-refractivity contribution >= 4 is 47.3 Å². The van der Waals surface area contributed by atoms with Gasteiger partial charge in [-0.1, -0.05) is 91.7 Å². The average molecular weight is 1150 g/mol. The number of aliphatic hydroxyl groups excluding tert-OH is 7. The lowest BCUT2D eigenvalue weighted by molar-refractivity contribution is -0.150. The van der Waals surface area contributed by atoms with E-state index in [-0.39, 0.29) is 43.3 Å². The fraction of sp³-hybridized carbons (Fsp3) is 0.745. The Bertz CT molecular complexity index is 2230. The van der Waals surface area contributed by atoms with Crippen molar-refractivity contribution in [2.45, 2.75) is 223 Å². The smallest absolute Gasteiger partial charge is 0.248 e. The van der Waals surface area contributed by atoms with E-state index < -0.39 is 165 Å². The fourth-order valence-corrected chi connectivity index (χ4v) is 10.5. The number of amides is 8. The van der Waals surface area contributed by atoms with Crippen LogP contribution in [-0.2, 0) is 43.1 Å². The predicted molar refractivity (Wildman–Crippen MR) is 292 cm³/mol. The summed E-state index contributed by atoms with van der Waals surface area (Å²) in [4.78, 5) is 115. The quantitative estimate of drug-likeness (QED) is 0.0457. The van der Waals surface area contributed by atoms with Crippen LogP contribution < -0.4 is 37.6 Å². The third kappa shape index (κ3) is 20.7. The monoisotopic (exact) mass is 1150 g/mol. The van der Waals surface area contributed by atoms with Gasteiger partial charge in [0, 0.05) is 44.9 Å². The molecule has 4 rings (SSSR count). The Hall–Kier alpha value is -5.58. The van der Waals surface area contributed by atoms with E-state index in [9.17, 15) is 79.2 Å². The molecule has 0 aromatic heterocycles. The van der Waals surface area contributed by atoms with Crippen molar-refractivity contribution in [1.29, 1.82) is 0 Å². The van der Waals surface area contributed by atoms with Crippen molar-refractivity contribution in [3.8, 4) is 5.75 Å². The normalized spacial score (nSPS) is 27.8. The van der Waals surface area contributed by atoms with Gasteiger partial charge in [-0.3, -0.25) is 38.4 Å². The van der Waals surface area contributed by atoms with Crippen LogP contribution >= 0.6 is 0 Å². The van der Waals surface area contributed by atoms with Crippen LogP contribution in [0, 0.1) is 11.8 Å². The topological polar surface area (TPSA) is 412 Å². The number of nitrogens with one attached hydrogen (secondary N) is 6. The molecule has 26 heteroatoms. The number of unbranched alkanes of at least 4 members (excludes halogenated alkanes) is 5. The minimum atomic E-state index is -2.36. The standard InChI is InChI=1S/C55H91N9O17/c1-7-30(4)24-31(5)14-12-10-8-9-11-13-15-42(72)58-36-26-40(70)53(81-23-21-57-29(2)3)62-52(78)46-38(68)20-22-63(46)55(80)44(39(69)27-41(56)71)60-51(77)45(48(74)47(73)33-16-18-34(66)19-17-33)61-50(76)37-25-35(67)28-64(37)54(79)43(32(6)65)59-49(36)75/h16-19,29-32,35-40,43-48,53,57,65-70,73-74H,7-15,20-28H2,1-6H3,(H2,56,71)(H,58,72)(H,59,75)(H,60,77)(H,61,76)(H,62,78)/t30-,31+,32+,35+,36-,37-,38-,39+,40+,43-,44-,45-,46-,47-,48-,53?/m0/s1. The lowest BCUT2D eigenvalue weighted by atomic mass is 9.91. The molecule has 0 bridgehead atoms. The van der Waals surface area contributed by atoms with Crippen molar-refractivity contribution in [1.82, 2.24) is 41.7 Å². The number of nitrogens with two attached hydrogens (primary N) is 1. The summed E-state index contributed by atoms with van der Waals surface area (Å²) in [6.07, 6.45) is -9.05. The summed E-state index contributed by atoms with van der Waals surface area (Å²) in [5.74, 6) is -8.19. The van der Waals surface area contributed by atoms with Crippen molar-refractivity contribution in [2.75, 3.05) is 26.2 Å². The Labute approximate surface area is 473 Å². The number of carbonyl (C=O) groups is 8. The zero-order valence-electron chi connectivity index (χ0n) is 47.6. The molecule has 458 valence electrons. The zero-order chi connectivity index (χ0) is 60.2. The molecule has 16 N–H and O–H groups in total. The fourth-order valence-electron chi connectivity index (χ4n) is 10.5. The first-order chi connectivity index (χ1) is 38.2. The van der Waals surface area contributed by atoms with Crippen LogP contribution in [0.2, 0.25) is 0 Å². The molecule has 81 heavy (non-hydrogen) atoms. The highest BCUT2D eigenvalue weighted by molar-refractivity contribution is 5.98. The van der Waals surface area contributed by atoms with Gasteiger partial charge in [-0.15, -0.1) is 0 Å². The molecule has 1 unspecified atom stereocenters. The van der Waals surface area contributed by atoms with Gasteiger partial charge in [-0.25, -0.2) is 0 Å². The molecule has 0 radical (unpaired) electrons. The van der Waals surface area contributed by atoms with E-state index in [0.717, 1.165) is 67.4 Å². The molecule has 16 atom stereocenters. The molecule has 1 aromatic rings. The van der Waals surface area contributed by atoms with Gasteiger partial charge in [-0.05, 0) is 55.7 Å². The molecule has 3 fully saturated rings. The second-order valence-corrected chi connectivity index (χ2v) is 22.5. The second kappa shape index (κ2) is 32.9. The van der Waals surface area contributed by atoms with Gasteiger partial charge in [0.25, 0.3) is 0 Å². The van der Waals surface area contributed by atoms with Gasteiger partial charge in [0.05, 0.1) is 37.4 Å². The van der Waals surface area contributed by atoms with E-state index in [2.05, 4.69) is 52.7 Å². The number of benzene rings is 1. The summed E-state index contributed by atoms with van der Waals surface area (Å²) >= 11 is 0. The number of nitrogens with zero attached hydrogens (tertiary/aromatic N) is 2. The van der Waals surface area contributed by atoms with Crippen LogP contribution in [0.4, 0.5) is 0 Å². The Morgan fingerprint density at radius 3 is 1.99 bits per heavy atom. The maximum atomic E-state index is 14.7. The molecule has 0 aliphatic carbocycles. The summed E-state index contributed by atoms with van der Waals surface area (Å²) in [6, 6.07) is -7.19. The van der Waals surface area contributed by atoms with E-state index in [0.29, 0.717) is 24.7 Å². The third-order valence-electron chi connectivity index (χ3n) is 15.2. The number of ether oxygens (including phenoxy) is 1. The summed E-state index contributed by atoms with van der Waals surface area (Å²) in [7, 11) is 0. The molecule has 1 aromatic carbocycles. The Kier molecular flexibility index (Phi) is 27.6. The summed E-state index contributed by atoms with van der Waals surface area (Å²) in [5.41, 5.74) is 5.30.